The van der Waals surface area contributed by atoms with Gasteiger partial charge < -0.3 is 4.90 Å². The van der Waals surface area contributed by atoms with E-state index < -0.39 is 0 Å². The van der Waals surface area contributed by atoms with E-state index in [1.807, 2.05) is 18.0 Å². The van der Waals surface area contributed by atoms with Crippen LogP contribution in [0, 0.1) is 0 Å². The zero-order chi connectivity index (χ0) is 18.1. The summed E-state index contributed by atoms with van der Waals surface area (Å²) in [4.78, 5) is 22.4. The van der Waals surface area contributed by atoms with Gasteiger partial charge >= 0.3 is 0 Å². The Hall–Kier alpha value is -1.46. The number of nitrogens with zero attached hydrogens (tertiary/aromatic N) is 3. The lowest BCUT2D eigenvalue weighted by atomic mass is 9.94. The number of aromatic nitrogens is 1. The van der Waals surface area contributed by atoms with Crippen LogP contribution in [0.3, 0.4) is 0 Å². The van der Waals surface area contributed by atoms with E-state index in [-0.39, 0.29) is 18.0 Å². The topological polar surface area (TPSA) is 36.4 Å². The van der Waals surface area contributed by atoms with Crippen LogP contribution in [0.1, 0.15) is 62.9 Å². The van der Waals surface area contributed by atoms with Gasteiger partial charge in [-0.3, -0.25) is 9.69 Å². The van der Waals surface area contributed by atoms with Crippen molar-refractivity contribution in [3.63, 3.8) is 0 Å². The van der Waals surface area contributed by atoms with E-state index in [1.54, 1.807) is 11.3 Å². The quantitative estimate of drug-likeness (QED) is 0.787. The van der Waals surface area contributed by atoms with Crippen LogP contribution in [0.4, 0.5) is 0 Å². The number of benzene rings is 1. The predicted molar refractivity (Wildman–Crippen MR) is 107 cm³/mol. The molecule has 1 aliphatic carbocycles. The van der Waals surface area contributed by atoms with Crippen LogP contribution in [0.2, 0.25) is 0 Å². The van der Waals surface area contributed by atoms with E-state index in [9.17, 15) is 4.79 Å². The number of para-hydroxylation sites is 1. The second-order valence-electron chi connectivity index (χ2n) is 7.83. The van der Waals surface area contributed by atoms with Crippen LogP contribution >= 0.6 is 11.3 Å². The molecule has 1 amide bonds. The number of likely N-dealkylation sites (N-methyl/N-ethyl adjacent to an activating group) is 1. The Morgan fingerprint density at radius 2 is 1.96 bits per heavy atom. The lowest BCUT2D eigenvalue weighted by Crippen LogP contribution is -2.49. The fourth-order valence-corrected chi connectivity index (χ4v) is 5.76. The third kappa shape index (κ3) is 3.39. The highest BCUT2D eigenvalue weighted by atomic mass is 32.1. The molecule has 0 spiro atoms. The highest BCUT2D eigenvalue weighted by molar-refractivity contribution is 7.18. The number of thiazole rings is 1. The average molecular weight is 372 g/mol. The van der Waals surface area contributed by atoms with Gasteiger partial charge in [0.1, 0.15) is 5.01 Å². The molecule has 1 saturated heterocycles. The standard InChI is InChI=1S/C21H29N3OS/c1-15(21(25)23(2)16-9-4-3-5-10-16)24-14-8-12-18(24)20-22-17-11-6-7-13-19(17)26-20/h6-7,11,13,15-16,18H,3-5,8-10,12,14H2,1-2H3. The molecule has 2 atom stereocenters. The zero-order valence-electron chi connectivity index (χ0n) is 15.9. The van der Waals surface area contributed by atoms with Crippen molar-refractivity contribution < 1.29 is 4.79 Å². The first-order valence-corrected chi connectivity index (χ1v) is 10.8. The van der Waals surface area contributed by atoms with Crippen molar-refractivity contribution in [2.45, 2.75) is 70.0 Å². The molecule has 5 heteroatoms. The minimum absolute atomic E-state index is 0.0681. The van der Waals surface area contributed by atoms with E-state index in [4.69, 9.17) is 4.98 Å². The molecule has 4 rings (SSSR count). The van der Waals surface area contributed by atoms with E-state index in [1.165, 1.54) is 29.0 Å². The molecule has 2 fully saturated rings. The summed E-state index contributed by atoms with van der Waals surface area (Å²) in [6, 6.07) is 8.99. The van der Waals surface area contributed by atoms with Crippen molar-refractivity contribution >= 4 is 27.5 Å². The summed E-state index contributed by atoms with van der Waals surface area (Å²) < 4.78 is 1.24. The third-order valence-corrected chi connectivity index (χ3v) is 7.35. The predicted octanol–water partition coefficient (Wildman–Crippen LogP) is 4.61. The highest BCUT2D eigenvalue weighted by Gasteiger charge is 2.37. The Morgan fingerprint density at radius 1 is 1.19 bits per heavy atom. The summed E-state index contributed by atoms with van der Waals surface area (Å²) in [6.45, 7) is 3.08. The fraction of sp³-hybridized carbons (Fsp3) is 0.619. The first-order chi connectivity index (χ1) is 12.6. The van der Waals surface area contributed by atoms with Gasteiger partial charge in [0.2, 0.25) is 5.91 Å². The van der Waals surface area contributed by atoms with Crippen LogP contribution in [0.15, 0.2) is 24.3 Å². The van der Waals surface area contributed by atoms with Crippen molar-refractivity contribution in [2.75, 3.05) is 13.6 Å². The van der Waals surface area contributed by atoms with Gasteiger partial charge in [0, 0.05) is 13.1 Å². The number of fused-ring (bicyclic) bond motifs is 1. The molecule has 0 N–H and O–H groups in total. The van der Waals surface area contributed by atoms with Gasteiger partial charge in [-0.1, -0.05) is 31.4 Å². The van der Waals surface area contributed by atoms with Crippen molar-refractivity contribution in [1.29, 1.82) is 0 Å². The van der Waals surface area contributed by atoms with Gasteiger partial charge in [-0.25, -0.2) is 4.98 Å². The summed E-state index contributed by atoms with van der Waals surface area (Å²) in [5, 5.41) is 1.17. The molecule has 2 heterocycles. The van der Waals surface area contributed by atoms with Crippen molar-refractivity contribution in [3.8, 4) is 0 Å². The van der Waals surface area contributed by atoms with Crippen LogP contribution in [-0.4, -0.2) is 46.4 Å². The van der Waals surface area contributed by atoms with Crippen molar-refractivity contribution in [1.82, 2.24) is 14.8 Å². The van der Waals surface area contributed by atoms with Crippen LogP contribution in [0.25, 0.3) is 10.2 Å². The molecular formula is C21H29N3OS. The molecule has 4 nitrogen and oxygen atoms in total. The van der Waals surface area contributed by atoms with Crippen molar-refractivity contribution in [3.05, 3.63) is 29.3 Å². The van der Waals surface area contributed by atoms with Gasteiger partial charge in [-0.2, -0.15) is 0 Å². The number of carbonyl (C=O) groups excluding carboxylic acids is 1. The smallest absolute Gasteiger partial charge is 0.239 e. The maximum absolute atomic E-state index is 13.1. The average Bonchev–Trinajstić information content (AvgIpc) is 3.33. The molecule has 2 unspecified atom stereocenters. The molecule has 140 valence electrons. The monoisotopic (exact) mass is 371 g/mol. The number of rotatable bonds is 4. The lowest BCUT2D eigenvalue weighted by Gasteiger charge is -2.36. The molecule has 1 aromatic heterocycles. The maximum atomic E-state index is 13.1. The van der Waals surface area contributed by atoms with Gasteiger partial charge in [-0.05, 0) is 51.3 Å². The number of amides is 1. The Kier molecular flexibility index (Phi) is 5.28. The van der Waals surface area contributed by atoms with E-state index in [0.717, 1.165) is 37.7 Å². The zero-order valence-corrected chi connectivity index (χ0v) is 16.7. The number of hydrogen-bond donors (Lipinski definition) is 0. The van der Waals surface area contributed by atoms with Gasteiger partial charge in [-0.15, -0.1) is 11.3 Å². The molecule has 0 radical (unpaired) electrons. The highest BCUT2D eigenvalue weighted by Crippen LogP contribution is 2.38. The molecule has 1 saturated carbocycles. The molecule has 1 aromatic carbocycles. The lowest BCUT2D eigenvalue weighted by molar-refractivity contribution is -0.138. The summed E-state index contributed by atoms with van der Waals surface area (Å²) in [5.41, 5.74) is 1.08. The minimum Gasteiger partial charge on any atom is -0.341 e. The van der Waals surface area contributed by atoms with Gasteiger partial charge in [0.25, 0.3) is 0 Å². The Labute approximate surface area is 160 Å². The van der Waals surface area contributed by atoms with E-state index >= 15 is 0 Å². The largest absolute Gasteiger partial charge is 0.341 e. The molecule has 1 aliphatic heterocycles. The molecule has 2 aliphatic rings. The molecule has 26 heavy (non-hydrogen) atoms. The number of likely N-dealkylation sites (tertiary alicyclic amines) is 1. The third-order valence-electron chi connectivity index (χ3n) is 6.21. The maximum Gasteiger partial charge on any atom is 0.239 e. The molecule has 0 bridgehead atoms. The number of hydrogen-bond acceptors (Lipinski definition) is 4. The summed E-state index contributed by atoms with van der Waals surface area (Å²) in [5.74, 6) is 0.282. The second kappa shape index (κ2) is 7.65. The molecule has 2 aromatic rings. The summed E-state index contributed by atoms with van der Waals surface area (Å²) >= 11 is 1.79. The van der Waals surface area contributed by atoms with Gasteiger partial charge in [0.05, 0.1) is 22.3 Å². The fourth-order valence-electron chi connectivity index (χ4n) is 4.64. The van der Waals surface area contributed by atoms with Gasteiger partial charge in [0.15, 0.2) is 0 Å². The van der Waals surface area contributed by atoms with Crippen LogP contribution in [0.5, 0.6) is 0 Å². The first kappa shape index (κ1) is 17.9. The molecular weight excluding hydrogens is 342 g/mol. The Balaban J connectivity index is 1.50. The van der Waals surface area contributed by atoms with Crippen LogP contribution < -0.4 is 0 Å². The van der Waals surface area contributed by atoms with Crippen molar-refractivity contribution in [2.24, 2.45) is 0 Å². The Morgan fingerprint density at radius 3 is 2.73 bits per heavy atom. The van der Waals surface area contributed by atoms with E-state index in [2.05, 4.69) is 30.0 Å². The van der Waals surface area contributed by atoms with E-state index in [0.29, 0.717) is 6.04 Å². The SMILES string of the molecule is CC(C(=O)N(C)C1CCCCC1)N1CCCC1c1nc2ccccc2s1. The summed E-state index contributed by atoms with van der Waals surface area (Å²) in [6.07, 6.45) is 8.41. The second-order valence-corrected chi connectivity index (χ2v) is 8.89. The number of carbonyl (C=O) groups is 1. The van der Waals surface area contributed by atoms with Crippen LogP contribution in [-0.2, 0) is 4.79 Å². The first-order valence-electron chi connectivity index (χ1n) is 10.0. The minimum atomic E-state index is -0.0681. The summed E-state index contributed by atoms with van der Waals surface area (Å²) in [7, 11) is 2.01. The normalized spacial score (nSPS) is 23.4. The Bertz CT molecular complexity index is 734.